The number of hydrogen-bond donors (Lipinski definition) is 1. The first-order chi connectivity index (χ1) is 18.3. The lowest BCUT2D eigenvalue weighted by Gasteiger charge is -2.49. The molecule has 0 aliphatic carbocycles. The van der Waals surface area contributed by atoms with Crippen molar-refractivity contribution in [3.8, 4) is 0 Å². The second-order valence-electron chi connectivity index (χ2n) is 9.87. The molecule has 1 N–H and O–H groups in total. The SMILES string of the molecule is CCS(=O)(=O)c1ccc(CC(=O)Nc2ccc([C@@H]3[C@@H](C(C)C)C(=O)N3c3cccc(C(F)(F)F)c3)cc2)cc1. The fourth-order valence-electron chi connectivity index (χ4n) is 4.77. The number of nitrogens with zero attached hydrogens (tertiary/aromatic N) is 1. The number of hydrogen-bond acceptors (Lipinski definition) is 4. The van der Waals surface area contributed by atoms with Crippen molar-refractivity contribution >= 4 is 33.0 Å². The van der Waals surface area contributed by atoms with Crippen LogP contribution in [0.25, 0.3) is 0 Å². The summed E-state index contributed by atoms with van der Waals surface area (Å²) < 4.78 is 63.8. The molecule has 206 valence electrons. The van der Waals surface area contributed by atoms with Crippen molar-refractivity contribution in [3.05, 3.63) is 89.5 Å². The number of rotatable bonds is 8. The van der Waals surface area contributed by atoms with E-state index in [1.165, 1.54) is 29.2 Å². The van der Waals surface area contributed by atoms with Crippen LogP contribution in [0.3, 0.4) is 0 Å². The number of sulfone groups is 1. The molecule has 1 saturated heterocycles. The van der Waals surface area contributed by atoms with Gasteiger partial charge in [-0.05, 0) is 59.5 Å². The second-order valence-corrected chi connectivity index (χ2v) is 12.1. The van der Waals surface area contributed by atoms with Crippen LogP contribution in [0.1, 0.15) is 43.5 Å². The van der Waals surface area contributed by atoms with E-state index < -0.39 is 27.6 Å². The molecule has 10 heteroatoms. The molecular formula is C29H29F3N2O4S. The van der Waals surface area contributed by atoms with E-state index in [0.29, 0.717) is 11.3 Å². The standard InChI is InChI=1S/C29H29F3N2O4S/c1-4-39(37,38)24-14-8-19(9-15-24)16-25(35)33-22-12-10-20(11-13-22)27-26(18(2)3)28(36)34(27)23-7-5-6-21(17-23)29(30,31)32/h5-15,17-18,26-27H,4,16H2,1-3H3,(H,33,35)/t26-,27-/m1/s1. The molecule has 0 aromatic heterocycles. The molecule has 0 radical (unpaired) electrons. The highest BCUT2D eigenvalue weighted by atomic mass is 32.2. The van der Waals surface area contributed by atoms with Crippen LogP contribution >= 0.6 is 0 Å². The average molecular weight is 559 g/mol. The van der Waals surface area contributed by atoms with Gasteiger partial charge in [0, 0.05) is 11.4 Å². The van der Waals surface area contributed by atoms with Crippen LogP contribution < -0.4 is 10.2 Å². The molecule has 3 aromatic carbocycles. The number of carbonyl (C=O) groups excluding carboxylic acids is 2. The van der Waals surface area contributed by atoms with Crippen molar-refractivity contribution in [1.82, 2.24) is 0 Å². The minimum Gasteiger partial charge on any atom is -0.326 e. The zero-order valence-electron chi connectivity index (χ0n) is 21.7. The Morgan fingerprint density at radius 3 is 2.21 bits per heavy atom. The Kier molecular flexibility index (Phi) is 7.88. The lowest BCUT2D eigenvalue weighted by molar-refractivity contribution is -0.138. The molecule has 4 rings (SSSR count). The van der Waals surface area contributed by atoms with Gasteiger partial charge in [0.15, 0.2) is 9.84 Å². The Balaban J connectivity index is 1.49. The maximum absolute atomic E-state index is 13.3. The predicted octanol–water partition coefficient (Wildman–Crippen LogP) is 6.04. The van der Waals surface area contributed by atoms with Crippen LogP contribution in [0.15, 0.2) is 77.7 Å². The Bertz CT molecular complexity index is 1470. The van der Waals surface area contributed by atoms with E-state index >= 15 is 0 Å². The molecule has 2 amide bonds. The Labute approximate surface area is 225 Å². The maximum Gasteiger partial charge on any atom is 0.416 e. The van der Waals surface area contributed by atoms with Gasteiger partial charge in [-0.25, -0.2) is 8.42 Å². The van der Waals surface area contributed by atoms with Gasteiger partial charge in [0.1, 0.15) is 0 Å². The average Bonchev–Trinajstić information content (AvgIpc) is 2.87. The number of halogens is 3. The maximum atomic E-state index is 13.3. The normalized spacial score (nSPS) is 17.7. The summed E-state index contributed by atoms with van der Waals surface area (Å²) >= 11 is 0. The van der Waals surface area contributed by atoms with Crippen LogP contribution in [0.5, 0.6) is 0 Å². The van der Waals surface area contributed by atoms with Crippen LogP contribution in [0.2, 0.25) is 0 Å². The van der Waals surface area contributed by atoms with Gasteiger partial charge in [-0.3, -0.25) is 9.59 Å². The van der Waals surface area contributed by atoms with Crippen LogP contribution in [0, 0.1) is 11.8 Å². The lowest BCUT2D eigenvalue weighted by Crippen LogP contribution is -2.57. The van der Waals surface area contributed by atoms with Crippen molar-refractivity contribution in [2.24, 2.45) is 11.8 Å². The zero-order valence-corrected chi connectivity index (χ0v) is 22.5. The van der Waals surface area contributed by atoms with E-state index in [1.807, 2.05) is 13.8 Å². The van der Waals surface area contributed by atoms with Gasteiger partial charge in [0.05, 0.1) is 34.6 Å². The highest BCUT2D eigenvalue weighted by molar-refractivity contribution is 7.91. The van der Waals surface area contributed by atoms with E-state index in [4.69, 9.17) is 0 Å². The predicted molar refractivity (Wildman–Crippen MR) is 143 cm³/mol. The summed E-state index contributed by atoms with van der Waals surface area (Å²) in [5.41, 5.74) is 1.29. The second kappa shape index (κ2) is 10.8. The van der Waals surface area contributed by atoms with E-state index in [9.17, 15) is 31.2 Å². The molecule has 0 spiro atoms. The van der Waals surface area contributed by atoms with Crippen LogP contribution in [-0.4, -0.2) is 26.0 Å². The van der Waals surface area contributed by atoms with Crippen LogP contribution in [-0.2, 0) is 32.0 Å². The molecule has 1 aliphatic rings. The van der Waals surface area contributed by atoms with Gasteiger partial charge in [-0.2, -0.15) is 13.2 Å². The number of alkyl halides is 3. The first-order valence-electron chi connectivity index (χ1n) is 12.5. The van der Waals surface area contributed by atoms with Gasteiger partial charge in [0.2, 0.25) is 11.8 Å². The van der Waals surface area contributed by atoms with Crippen molar-refractivity contribution < 1.29 is 31.2 Å². The van der Waals surface area contributed by atoms with Crippen molar-refractivity contribution in [3.63, 3.8) is 0 Å². The van der Waals surface area contributed by atoms with Crippen molar-refractivity contribution in [1.29, 1.82) is 0 Å². The molecule has 0 bridgehead atoms. The first-order valence-corrected chi connectivity index (χ1v) is 14.2. The fourth-order valence-corrected chi connectivity index (χ4v) is 5.66. The third kappa shape index (κ3) is 6.00. The molecule has 1 fully saturated rings. The quantitative estimate of drug-likeness (QED) is 0.342. The molecular weight excluding hydrogens is 529 g/mol. The molecule has 1 aliphatic heterocycles. The van der Waals surface area contributed by atoms with E-state index in [0.717, 1.165) is 17.7 Å². The highest BCUT2D eigenvalue weighted by Gasteiger charge is 2.50. The van der Waals surface area contributed by atoms with E-state index in [1.54, 1.807) is 43.3 Å². The largest absolute Gasteiger partial charge is 0.416 e. The number of benzene rings is 3. The Hall–Kier alpha value is -3.66. The molecule has 6 nitrogen and oxygen atoms in total. The molecule has 0 saturated carbocycles. The third-order valence-corrected chi connectivity index (χ3v) is 8.62. The minimum atomic E-state index is -4.52. The molecule has 3 aromatic rings. The van der Waals surface area contributed by atoms with Crippen molar-refractivity contribution in [2.75, 3.05) is 16.0 Å². The zero-order chi connectivity index (χ0) is 28.5. The van der Waals surface area contributed by atoms with Gasteiger partial charge >= 0.3 is 6.18 Å². The third-order valence-electron chi connectivity index (χ3n) is 6.87. The van der Waals surface area contributed by atoms with Gasteiger partial charge in [-0.1, -0.05) is 51.1 Å². The fraction of sp³-hybridized carbons (Fsp3) is 0.310. The number of anilines is 2. The molecule has 39 heavy (non-hydrogen) atoms. The van der Waals surface area contributed by atoms with Crippen molar-refractivity contribution in [2.45, 2.75) is 44.3 Å². The summed E-state index contributed by atoms with van der Waals surface area (Å²) in [7, 11) is -3.32. The number of carbonyl (C=O) groups is 2. The molecule has 2 atom stereocenters. The Morgan fingerprint density at radius 2 is 1.64 bits per heavy atom. The van der Waals surface area contributed by atoms with Gasteiger partial charge in [0.25, 0.3) is 0 Å². The summed E-state index contributed by atoms with van der Waals surface area (Å²) in [6, 6.07) is 17.4. The Morgan fingerprint density at radius 1 is 1.00 bits per heavy atom. The number of nitrogens with one attached hydrogen (secondary N) is 1. The van der Waals surface area contributed by atoms with Gasteiger partial charge in [-0.15, -0.1) is 0 Å². The van der Waals surface area contributed by atoms with E-state index in [2.05, 4.69) is 5.32 Å². The summed E-state index contributed by atoms with van der Waals surface area (Å²) in [5.74, 6) is -0.946. The molecule has 1 heterocycles. The summed E-state index contributed by atoms with van der Waals surface area (Å²) in [5, 5.41) is 2.80. The minimum absolute atomic E-state index is 0.00648. The summed E-state index contributed by atoms with van der Waals surface area (Å²) in [6.45, 7) is 5.37. The smallest absolute Gasteiger partial charge is 0.326 e. The lowest BCUT2D eigenvalue weighted by atomic mass is 9.75. The van der Waals surface area contributed by atoms with Crippen LogP contribution in [0.4, 0.5) is 24.5 Å². The topological polar surface area (TPSA) is 83.5 Å². The molecule has 0 unspecified atom stereocenters. The first kappa shape index (κ1) is 28.4. The van der Waals surface area contributed by atoms with E-state index in [-0.39, 0.29) is 46.4 Å². The van der Waals surface area contributed by atoms with Gasteiger partial charge < -0.3 is 10.2 Å². The summed E-state index contributed by atoms with van der Waals surface area (Å²) in [4.78, 5) is 27.2. The summed E-state index contributed by atoms with van der Waals surface area (Å²) in [6.07, 6.45) is -4.48. The number of amides is 2. The number of β-lactam (4-membered cyclic amide) rings is 1. The highest BCUT2D eigenvalue weighted by Crippen LogP contribution is 2.47. The monoisotopic (exact) mass is 558 g/mol.